The fourth-order valence-corrected chi connectivity index (χ4v) is 4.23. The third kappa shape index (κ3) is 1.99. The fraction of sp³-hybridized carbons (Fsp3) is 0.474. The second kappa shape index (κ2) is 4.88. The molecule has 2 unspecified atom stereocenters. The molecule has 4 rings (SSSR count). The van der Waals surface area contributed by atoms with Gasteiger partial charge in [0.2, 0.25) is 0 Å². The molecule has 3 atom stereocenters. The van der Waals surface area contributed by atoms with E-state index in [0.29, 0.717) is 12.0 Å². The normalized spacial score (nSPS) is 30.0. The van der Waals surface area contributed by atoms with Crippen molar-refractivity contribution in [3.8, 4) is 11.3 Å². The van der Waals surface area contributed by atoms with E-state index in [1.54, 1.807) is 0 Å². The van der Waals surface area contributed by atoms with Crippen LogP contribution in [0.15, 0.2) is 30.3 Å². The van der Waals surface area contributed by atoms with E-state index >= 15 is 0 Å². The van der Waals surface area contributed by atoms with E-state index in [0.717, 1.165) is 24.4 Å². The van der Waals surface area contributed by atoms with Crippen LogP contribution in [0.1, 0.15) is 37.1 Å². The lowest BCUT2D eigenvalue weighted by Gasteiger charge is -2.50. The van der Waals surface area contributed by atoms with Crippen LogP contribution in [0.2, 0.25) is 0 Å². The molecule has 2 aliphatic rings. The van der Waals surface area contributed by atoms with Crippen molar-refractivity contribution in [2.24, 2.45) is 5.92 Å². The Hall–Kier alpha value is -1.74. The van der Waals surface area contributed by atoms with E-state index in [4.69, 9.17) is 0 Å². The van der Waals surface area contributed by atoms with Crippen molar-refractivity contribution >= 4 is 0 Å². The summed E-state index contributed by atoms with van der Waals surface area (Å²) in [7, 11) is 0. The largest absolute Gasteiger partial charge is 0.313 e. The van der Waals surface area contributed by atoms with Gasteiger partial charge in [-0.2, -0.15) is 10.2 Å². The third-order valence-corrected chi connectivity index (χ3v) is 5.92. The zero-order chi connectivity index (χ0) is 15.3. The van der Waals surface area contributed by atoms with Crippen LogP contribution in [-0.2, 0) is 11.8 Å². The number of hydrogen-bond acceptors (Lipinski definition) is 3. The van der Waals surface area contributed by atoms with Crippen molar-refractivity contribution in [3.05, 3.63) is 47.2 Å². The van der Waals surface area contributed by atoms with E-state index in [2.05, 4.69) is 53.6 Å². The Labute approximate surface area is 132 Å². The quantitative estimate of drug-likeness (QED) is 0.877. The van der Waals surface area contributed by atoms with Crippen molar-refractivity contribution in [2.75, 3.05) is 6.54 Å². The summed E-state index contributed by atoms with van der Waals surface area (Å²) in [5, 5.41) is 12.3. The highest BCUT2D eigenvalue weighted by Crippen LogP contribution is 2.46. The first-order valence-electron chi connectivity index (χ1n) is 8.25. The molecule has 1 aliphatic heterocycles. The molecule has 2 heterocycles. The summed E-state index contributed by atoms with van der Waals surface area (Å²) >= 11 is 0. The summed E-state index contributed by atoms with van der Waals surface area (Å²) in [4.78, 5) is 0. The molecule has 2 aromatic rings. The summed E-state index contributed by atoms with van der Waals surface area (Å²) in [5.74, 6) is 0.674. The van der Waals surface area contributed by atoms with E-state index in [1.807, 2.05) is 13.0 Å². The summed E-state index contributed by atoms with van der Waals surface area (Å²) in [6.07, 6.45) is 2.35. The highest BCUT2D eigenvalue weighted by atomic mass is 15.1. The van der Waals surface area contributed by atoms with Crippen LogP contribution in [0.25, 0.3) is 11.3 Å². The summed E-state index contributed by atoms with van der Waals surface area (Å²) < 4.78 is 0. The van der Waals surface area contributed by atoms with Gasteiger partial charge in [0.05, 0.1) is 11.4 Å². The van der Waals surface area contributed by atoms with E-state index in [-0.39, 0.29) is 5.41 Å². The topological polar surface area (TPSA) is 37.8 Å². The maximum Gasteiger partial charge on any atom is 0.0929 e. The Morgan fingerprint density at radius 2 is 2.05 bits per heavy atom. The van der Waals surface area contributed by atoms with Crippen LogP contribution in [0, 0.1) is 12.8 Å². The van der Waals surface area contributed by atoms with Crippen LogP contribution >= 0.6 is 0 Å². The maximum atomic E-state index is 4.36. The van der Waals surface area contributed by atoms with Gasteiger partial charge in [-0.1, -0.05) is 26.0 Å². The first-order valence-corrected chi connectivity index (χ1v) is 8.25. The van der Waals surface area contributed by atoms with Gasteiger partial charge in [0.1, 0.15) is 0 Å². The smallest absolute Gasteiger partial charge is 0.0929 e. The zero-order valence-corrected chi connectivity index (χ0v) is 13.6. The minimum atomic E-state index is 0.275. The molecule has 114 valence electrons. The van der Waals surface area contributed by atoms with E-state index < -0.39 is 0 Å². The number of rotatable bonds is 1. The van der Waals surface area contributed by atoms with Crippen LogP contribution in [0.4, 0.5) is 0 Å². The van der Waals surface area contributed by atoms with Gasteiger partial charge < -0.3 is 5.32 Å². The number of nitrogens with zero attached hydrogens (tertiary/aromatic N) is 2. The van der Waals surface area contributed by atoms with Gasteiger partial charge in [-0.3, -0.25) is 0 Å². The molecule has 1 aliphatic carbocycles. The molecule has 1 saturated heterocycles. The predicted molar refractivity (Wildman–Crippen MR) is 88.8 cm³/mol. The minimum absolute atomic E-state index is 0.275. The molecule has 1 aromatic carbocycles. The van der Waals surface area contributed by atoms with Gasteiger partial charge in [0.15, 0.2) is 0 Å². The second-order valence-electron chi connectivity index (χ2n) is 7.15. The van der Waals surface area contributed by atoms with Gasteiger partial charge in [0, 0.05) is 11.6 Å². The average Bonchev–Trinajstić information content (AvgIpc) is 2.51. The molecule has 0 amide bonds. The molecule has 0 saturated carbocycles. The molecule has 2 bridgehead atoms. The van der Waals surface area contributed by atoms with E-state index in [1.165, 1.54) is 23.1 Å². The van der Waals surface area contributed by atoms with Crippen molar-refractivity contribution in [1.29, 1.82) is 0 Å². The fourth-order valence-electron chi connectivity index (χ4n) is 4.23. The molecule has 3 nitrogen and oxygen atoms in total. The lowest BCUT2D eigenvalue weighted by Crippen LogP contribution is -2.56. The Bertz CT molecular complexity index is 707. The Morgan fingerprint density at radius 1 is 1.18 bits per heavy atom. The number of aromatic nitrogens is 2. The first-order chi connectivity index (χ1) is 10.6. The number of nitrogens with one attached hydrogen (secondary N) is 1. The standard InChI is InChI=1S/C19H23N3/c1-12-4-7-17(22-21-12)15-6-5-14-11-18-13(2)19(3,8-9-20-18)16(14)10-15/h4-7,10,13,18,20H,8-9,11H2,1-3H3/t13?,18?,19-/m1/s1. The summed E-state index contributed by atoms with van der Waals surface area (Å²) in [6, 6.07) is 11.6. The number of piperidine rings is 1. The lowest BCUT2D eigenvalue weighted by molar-refractivity contribution is 0.158. The second-order valence-corrected chi connectivity index (χ2v) is 7.15. The van der Waals surface area contributed by atoms with Crippen LogP contribution in [0.5, 0.6) is 0 Å². The molecule has 22 heavy (non-hydrogen) atoms. The van der Waals surface area contributed by atoms with Crippen molar-refractivity contribution in [2.45, 2.75) is 45.1 Å². The molecular weight excluding hydrogens is 270 g/mol. The highest BCUT2D eigenvalue weighted by molar-refractivity contribution is 5.62. The minimum Gasteiger partial charge on any atom is -0.313 e. The molecule has 0 radical (unpaired) electrons. The molecule has 1 fully saturated rings. The van der Waals surface area contributed by atoms with Crippen molar-refractivity contribution in [1.82, 2.24) is 15.5 Å². The number of benzene rings is 1. The SMILES string of the molecule is Cc1ccc(-c2ccc3c(c2)[C@]2(C)CCNC(C3)C2C)nn1. The van der Waals surface area contributed by atoms with Crippen LogP contribution < -0.4 is 5.32 Å². The molecule has 3 heteroatoms. The predicted octanol–water partition coefficient (Wildman–Crippen LogP) is 3.26. The van der Waals surface area contributed by atoms with Gasteiger partial charge in [-0.15, -0.1) is 0 Å². The van der Waals surface area contributed by atoms with Crippen LogP contribution in [-0.4, -0.2) is 22.8 Å². The Morgan fingerprint density at radius 3 is 2.82 bits per heavy atom. The Kier molecular flexibility index (Phi) is 3.08. The van der Waals surface area contributed by atoms with Crippen molar-refractivity contribution in [3.63, 3.8) is 0 Å². The summed E-state index contributed by atoms with van der Waals surface area (Å²) in [5.41, 5.74) is 6.43. The van der Waals surface area contributed by atoms with E-state index in [9.17, 15) is 0 Å². The monoisotopic (exact) mass is 293 g/mol. The van der Waals surface area contributed by atoms with Crippen molar-refractivity contribution < 1.29 is 0 Å². The molecule has 1 aromatic heterocycles. The molecule has 1 N–H and O–H groups in total. The maximum absolute atomic E-state index is 4.36. The Balaban J connectivity index is 1.82. The zero-order valence-electron chi connectivity index (χ0n) is 13.6. The number of hydrogen-bond donors (Lipinski definition) is 1. The van der Waals surface area contributed by atoms with Gasteiger partial charge in [-0.05, 0) is 67.0 Å². The third-order valence-electron chi connectivity index (χ3n) is 5.92. The highest BCUT2D eigenvalue weighted by Gasteiger charge is 2.45. The number of fused-ring (bicyclic) bond motifs is 4. The molecule has 0 spiro atoms. The first kappa shape index (κ1) is 13.9. The van der Waals surface area contributed by atoms with Gasteiger partial charge in [0.25, 0.3) is 0 Å². The number of aryl methyl sites for hydroxylation is 1. The van der Waals surface area contributed by atoms with Gasteiger partial charge >= 0.3 is 0 Å². The lowest BCUT2D eigenvalue weighted by atomic mass is 9.59. The van der Waals surface area contributed by atoms with Crippen LogP contribution in [0.3, 0.4) is 0 Å². The summed E-state index contributed by atoms with van der Waals surface area (Å²) in [6.45, 7) is 7.94. The molecular formula is C19H23N3. The average molecular weight is 293 g/mol. The van der Waals surface area contributed by atoms with Gasteiger partial charge in [-0.25, -0.2) is 0 Å².